The largest absolute Gasteiger partial charge is 0.376 e. The van der Waals surface area contributed by atoms with Gasteiger partial charge in [0.2, 0.25) is 0 Å². The highest BCUT2D eigenvalue weighted by Gasteiger charge is 2.16. The summed E-state index contributed by atoms with van der Waals surface area (Å²) in [6.07, 6.45) is 0.184. The summed E-state index contributed by atoms with van der Waals surface area (Å²) >= 11 is 1.72. The van der Waals surface area contributed by atoms with E-state index in [1.54, 1.807) is 11.3 Å². The fourth-order valence-electron chi connectivity index (χ4n) is 1.13. The minimum absolute atomic E-state index is 0.184. The third kappa shape index (κ3) is 1.61. The van der Waals surface area contributed by atoms with Crippen LogP contribution in [0, 0.1) is 0 Å². The average Bonchev–Trinajstić information content (AvgIpc) is 2.58. The molecule has 0 saturated carbocycles. The molecule has 1 fully saturated rings. The number of hydrogen-bond acceptors (Lipinski definition) is 3. The zero-order chi connectivity index (χ0) is 7.52. The zero-order valence-electron chi connectivity index (χ0n) is 6.16. The molecule has 3 heteroatoms. The lowest BCUT2D eigenvalue weighted by atomic mass is 10.3. The summed E-state index contributed by atoms with van der Waals surface area (Å²) in [7, 11) is 0. The van der Waals surface area contributed by atoms with E-state index in [0.717, 1.165) is 13.2 Å². The second-order valence-corrected chi connectivity index (χ2v) is 3.43. The van der Waals surface area contributed by atoms with Gasteiger partial charge in [0.05, 0.1) is 19.8 Å². The first-order chi connectivity index (χ1) is 5.47. The average molecular weight is 170 g/mol. The van der Waals surface area contributed by atoms with Crippen molar-refractivity contribution in [2.24, 2.45) is 0 Å². The molecule has 2 rings (SSSR count). The lowest BCUT2D eigenvalue weighted by molar-refractivity contribution is -0.0887. The Kier molecular flexibility index (Phi) is 2.21. The van der Waals surface area contributed by atoms with Gasteiger partial charge in [-0.1, -0.05) is 6.07 Å². The van der Waals surface area contributed by atoms with Crippen LogP contribution in [0.2, 0.25) is 0 Å². The fraction of sp³-hybridized carbons (Fsp3) is 0.500. The summed E-state index contributed by atoms with van der Waals surface area (Å²) in [6, 6.07) is 4.13. The van der Waals surface area contributed by atoms with Crippen molar-refractivity contribution in [3.05, 3.63) is 22.4 Å². The molecule has 0 N–H and O–H groups in total. The fourth-order valence-corrected chi connectivity index (χ4v) is 1.89. The van der Waals surface area contributed by atoms with Crippen LogP contribution in [0.5, 0.6) is 0 Å². The molecule has 0 aromatic carbocycles. The van der Waals surface area contributed by atoms with Crippen LogP contribution in [0.4, 0.5) is 0 Å². The predicted molar refractivity (Wildman–Crippen MR) is 43.8 cm³/mol. The van der Waals surface area contributed by atoms with E-state index in [9.17, 15) is 0 Å². The molecule has 11 heavy (non-hydrogen) atoms. The van der Waals surface area contributed by atoms with Crippen molar-refractivity contribution in [1.82, 2.24) is 0 Å². The Morgan fingerprint density at radius 1 is 1.45 bits per heavy atom. The van der Waals surface area contributed by atoms with Crippen LogP contribution in [-0.2, 0) is 9.47 Å². The predicted octanol–water partition coefficient (Wildman–Crippen LogP) is 1.84. The van der Waals surface area contributed by atoms with Crippen LogP contribution < -0.4 is 0 Å². The Labute approximate surface area is 69.8 Å². The van der Waals surface area contributed by atoms with Gasteiger partial charge in [-0.3, -0.25) is 0 Å². The first-order valence-corrected chi connectivity index (χ1v) is 4.57. The van der Waals surface area contributed by atoms with E-state index in [1.165, 1.54) is 4.88 Å². The van der Waals surface area contributed by atoms with Gasteiger partial charge in [0.15, 0.2) is 0 Å². The second-order valence-electron chi connectivity index (χ2n) is 2.45. The first-order valence-electron chi connectivity index (χ1n) is 3.69. The van der Waals surface area contributed by atoms with Crippen LogP contribution in [0.3, 0.4) is 0 Å². The zero-order valence-corrected chi connectivity index (χ0v) is 6.97. The van der Waals surface area contributed by atoms with Crippen molar-refractivity contribution in [3.63, 3.8) is 0 Å². The number of thiophene rings is 1. The molecular formula is C8H10O2S. The smallest absolute Gasteiger partial charge is 0.115 e. The first kappa shape index (κ1) is 7.28. The van der Waals surface area contributed by atoms with Gasteiger partial charge in [-0.2, -0.15) is 0 Å². The molecule has 1 saturated heterocycles. The molecule has 2 nitrogen and oxygen atoms in total. The van der Waals surface area contributed by atoms with E-state index >= 15 is 0 Å². The van der Waals surface area contributed by atoms with Gasteiger partial charge in [-0.15, -0.1) is 11.3 Å². The molecule has 0 spiro atoms. The van der Waals surface area contributed by atoms with Gasteiger partial charge in [-0.25, -0.2) is 0 Å². The van der Waals surface area contributed by atoms with Crippen LogP contribution in [-0.4, -0.2) is 19.8 Å². The van der Waals surface area contributed by atoms with E-state index < -0.39 is 0 Å². The highest BCUT2D eigenvalue weighted by atomic mass is 32.1. The Bertz CT molecular complexity index is 202. The molecule has 0 aliphatic carbocycles. The molecule has 0 radical (unpaired) electrons. The summed E-state index contributed by atoms with van der Waals surface area (Å²) in [6.45, 7) is 2.17. The molecule has 1 aliphatic heterocycles. The van der Waals surface area contributed by atoms with Crippen molar-refractivity contribution >= 4 is 11.3 Å². The van der Waals surface area contributed by atoms with E-state index in [-0.39, 0.29) is 6.10 Å². The van der Waals surface area contributed by atoms with Crippen molar-refractivity contribution in [2.45, 2.75) is 6.10 Å². The molecule has 1 aliphatic rings. The van der Waals surface area contributed by atoms with Crippen LogP contribution in [0.25, 0.3) is 0 Å². The SMILES string of the molecule is c1csc(C2COCCO2)c1. The highest BCUT2D eigenvalue weighted by molar-refractivity contribution is 7.10. The summed E-state index contributed by atoms with van der Waals surface area (Å²) < 4.78 is 10.8. The molecule has 2 heterocycles. The lowest BCUT2D eigenvalue weighted by Crippen LogP contribution is -2.21. The lowest BCUT2D eigenvalue weighted by Gasteiger charge is -2.21. The molecule has 60 valence electrons. The minimum Gasteiger partial charge on any atom is -0.376 e. The number of hydrogen-bond donors (Lipinski definition) is 0. The van der Waals surface area contributed by atoms with Gasteiger partial charge in [0.1, 0.15) is 6.10 Å². The van der Waals surface area contributed by atoms with Crippen LogP contribution in [0.15, 0.2) is 17.5 Å². The van der Waals surface area contributed by atoms with Gasteiger partial charge < -0.3 is 9.47 Å². The van der Waals surface area contributed by atoms with E-state index in [2.05, 4.69) is 11.4 Å². The van der Waals surface area contributed by atoms with Crippen molar-refractivity contribution in [2.75, 3.05) is 19.8 Å². The maximum atomic E-state index is 5.51. The summed E-state index contributed by atoms with van der Waals surface area (Å²) in [5, 5.41) is 2.06. The maximum Gasteiger partial charge on any atom is 0.115 e. The standard InChI is InChI=1S/C8H10O2S/c1-2-8(11-5-1)7-6-9-3-4-10-7/h1-2,5,7H,3-4,6H2. The molecule has 1 aromatic heterocycles. The Balaban J connectivity index is 2.04. The molecule has 1 atom stereocenters. The van der Waals surface area contributed by atoms with Gasteiger partial charge in [0, 0.05) is 4.88 Å². The van der Waals surface area contributed by atoms with Crippen LogP contribution in [0.1, 0.15) is 11.0 Å². The summed E-state index contributed by atoms with van der Waals surface area (Å²) in [5.74, 6) is 0. The summed E-state index contributed by atoms with van der Waals surface area (Å²) in [5.41, 5.74) is 0. The number of rotatable bonds is 1. The third-order valence-electron chi connectivity index (χ3n) is 1.68. The van der Waals surface area contributed by atoms with Crippen molar-refractivity contribution < 1.29 is 9.47 Å². The Morgan fingerprint density at radius 3 is 3.09 bits per heavy atom. The van der Waals surface area contributed by atoms with Gasteiger partial charge >= 0.3 is 0 Å². The topological polar surface area (TPSA) is 18.5 Å². The van der Waals surface area contributed by atoms with Crippen molar-refractivity contribution in [3.8, 4) is 0 Å². The third-order valence-corrected chi connectivity index (χ3v) is 2.64. The quantitative estimate of drug-likeness (QED) is 0.640. The van der Waals surface area contributed by atoms with E-state index in [4.69, 9.17) is 9.47 Å². The molecule has 0 amide bonds. The van der Waals surface area contributed by atoms with E-state index in [0.29, 0.717) is 6.61 Å². The highest BCUT2D eigenvalue weighted by Crippen LogP contribution is 2.24. The minimum atomic E-state index is 0.184. The summed E-state index contributed by atoms with van der Waals surface area (Å²) in [4.78, 5) is 1.27. The second kappa shape index (κ2) is 3.34. The van der Waals surface area contributed by atoms with E-state index in [1.807, 2.05) is 6.07 Å². The molecule has 1 aromatic rings. The molecule has 1 unspecified atom stereocenters. The Hall–Kier alpha value is -0.380. The van der Waals surface area contributed by atoms with Gasteiger partial charge in [0.25, 0.3) is 0 Å². The Morgan fingerprint density at radius 2 is 2.45 bits per heavy atom. The van der Waals surface area contributed by atoms with Crippen LogP contribution >= 0.6 is 11.3 Å². The monoisotopic (exact) mass is 170 g/mol. The maximum absolute atomic E-state index is 5.51. The number of ether oxygens (including phenoxy) is 2. The van der Waals surface area contributed by atoms with Gasteiger partial charge in [-0.05, 0) is 11.4 Å². The van der Waals surface area contributed by atoms with Crippen molar-refractivity contribution in [1.29, 1.82) is 0 Å². The molecular weight excluding hydrogens is 160 g/mol. The normalized spacial score (nSPS) is 25.3. The molecule has 0 bridgehead atoms.